The Hall–Kier alpha value is -2.11. The van der Waals surface area contributed by atoms with E-state index in [1.54, 1.807) is 13.0 Å². The second kappa shape index (κ2) is 5.26. The molecule has 0 bridgehead atoms. The third-order valence-corrected chi connectivity index (χ3v) is 2.84. The van der Waals surface area contributed by atoms with Gasteiger partial charge in [0.25, 0.3) is 0 Å². The zero-order valence-electron chi connectivity index (χ0n) is 11.6. The average molecular weight is 262 g/mol. The first-order valence-corrected chi connectivity index (χ1v) is 6.21. The smallest absolute Gasteiger partial charge is 0.227 e. The van der Waals surface area contributed by atoms with Gasteiger partial charge >= 0.3 is 0 Å². The molecule has 2 aromatic rings. The number of amides is 1. The highest BCUT2D eigenvalue weighted by Gasteiger charge is 2.15. The molecule has 1 N–H and O–H groups in total. The van der Waals surface area contributed by atoms with E-state index in [2.05, 4.69) is 15.6 Å². The molecule has 2 heterocycles. The van der Waals surface area contributed by atoms with Gasteiger partial charge in [-0.1, -0.05) is 5.16 Å². The number of nitrogens with one attached hydrogen (secondary N) is 1. The van der Waals surface area contributed by atoms with Crippen molar-refractivity contribution in [3.63, 3.8) is 0 Å². The van der Waals surface area contributed by atoms with E-state index in [9.17, 15) is 4.79 Å². The topological polar surface area (TPSA) is 73.0 Å². The van der Waals surface area contributed by atoms with Crippen LogP contribution in [0.3, 0.4) is 0 Å². The largest absolute Gasteiger partial charge is 0.360 e. The van der Waals surface area contributed by atoms with Crippen LogP contribution in [-0.2, 0) is 4.79 Å². The molecular formula is C13H18N4O2. The number of nitrogens with zero attached hydrogens (tertiary/aromatic N) is 3. The third-order valence-electron chi connectivity index (χ3n) is 2.84. The molecule has 0 saturated carbocycles. The average Bonchev–Trinajstić information content (AvgIpc) is 2.84. The quantitative estimate of drug-likeness (QED) is 0.918. The number of aryl methyl sites for hydroxylation is 3. The molecule has 19 heavy (non-hydrogen) atoms. The van der Waals surface area contributed by atoms with Gasteiger partial charge in [-0.25, -0.2) is 0 Å². The summed E-state index contributed by atoms with van der Waals surface area (Å²) < 4.78 is 6.76. The first-order chi connectivity index (χ1) is 8.95. The molecule has 0 aliphatic rings. The maximum absolute atomic E-state index is 11.9. The van der Waals surface area contributed by atoms with Gasteiger partial charge in [-0.05, 0) is 33.8 Å². The molecule has 2 aromatic heterocycles. The van der Waals surface area contributed by atoms with Crippen molar-refractivity contribution >= 4 is 11.7 Å². The van der Waals surface area contributed by atoms with E-state index in [4.69, 9.17) is 4.52 Å². The fraction of sp³-hybridized carbons (Fsp3) is 0.462. The van der Waals surface area contributed by atoms with Crippen LogP contribution in [0.25, 0.3) is 0 Å². The Bertz CT molecular complexity index is 585. The Morgan fingerprint density at radius 2 is 2.16 bits per heavy atom. The molecule has 0 aliphatic carbocycles. The van der Waals surface area contributed by atoms with Gasteiger partial charge in [0, 0.05) is 18.2 Å². The van der Waals surface area contributed by atoms with Gasteiger partial charge < -0.3 is 9.84 Å². The van der Waals surface area contributed by atoms with Crippen LogP contribution in [0.1, 0.15) is 36.5 Å². The molecule has 6 nitrogen and oxygen atoms in total. The van der Waals surface area contributed by atoms with Crippen molar-refractivity contribution in [3.8, 4) is 0 Å². The highest BCUT2D eigenvalue weighted by molar-refractivity contribution is 5.89. The lowest BCUT2D eigenvalue weighted by Crippen LogP contribution is -2.19. The molecule has 0 fully saturated rings. The van der Waals surface area contributed by atoms with Crippen molar-refractivity contribution in [2.75, 3.05) is 5.32 Å². The van der Waals surface area contributed by atoms with Gasteiger partial charge in [0.1, 0.15) is 5.76 Å². The van der Waals surface area contributed by atoms with Crippen molar-refractivity contribution in [1.29, 1.82) is 0 Å². The number of rotatable bonds is 4. The summed E-state index contributed by atoms with van der Waals surface area (Å²) in [6.07, 6.45) is 0.341. The van der Waals surface area contributed by atoms with E-state index < -0.39 is 0 Å². The Kier molecular flexibility index (Phi) is 3.69. The van der Waals surface area contributed by atoms with E-state index in [1.165, 1.54) is 0 Å². The first kappa shape index (κ1) is 13.3. The van der Waals surface area contributed by atoms with Crippen molar-refractivity contribution < 1.29 is 9.32 Å². The van der Waals surface area contributed by atoms with Gasteiger partial charge in [0.05, 0.1) is 11.7 Å². The zero-order valence-corrected chi connectivity index (χ0v) is 11.6. The van der Waals surface area contributed by atoms with Crippen LogP contribution in [0.4, 0.5) is 5.82 Å². The van der Waals surface area contributed by atoms with E-state index in [0.29, 0.717) is 18.0 Å². The fourth-order valence-electron chi connectivity index (χ4n) is 2.07. The number of hydrogen-bond donors (Lipinski definition) is 1. The predicted octanol–water partition coefficient (Wildman–Crippen LogP) is 2.39. The lowest BCUT2D eigenvalue weighted by molar-refractivity contribution is -0.116. The van der Waals surface area contributed by atoms with Gasteiger partial charge in [-0.15, -0.1) is 0 Å². The van der Waals surface area contributed by atoms with Crippen molar-refractivity contribution in [2.45, 2.75) is 40.2 Å². The maximum atomic E-state index is 11.9. The standard InChI is InChI=1S/C13H18N4O2/c1-8-5-9(2)17(15-8)10(3)6-13(18)14-12-7-11(4)19-16-12/h5,7,10H,6H2,1-4H3,(H,14,16,18)/t10-/m1/s1. The summed E-state index contributed by atoms with van der Waals surface area (Å²) >= 11 is 0. The van der Waals surface area contributed by atoms with Crippen LogP contribution in [0.15, 0.2) is 16.7 Å². The summed E-state index contributed by atoms with van der Waals surface area (Å²) in [7, 11) is 0. The molecule has 0 spiro atoms. The normalized spacial score (nSPS) is 12.4. The van der Waals surface area contributed by atoms with Crippen LogP contribution in [0, 0.1) is 20.8 Å². The number of carbonyl (C=O) groups excluding carboxylic acids is 1. The summed E-state index contributed by atoms with van der Waals surface area (Å²) in [6, 6.07) is 3.68. The lowest BCUT2D eigenvalue weighted by atomic mass is 10.2. The van der Waals surface area contributed by atoms with Crippen LogP contribution < -0.4 is 5.32 Å². The Labute approximate surface area is 111 Å². The second-order valence-corrected chi connectivity index (χ2v) is 4.80. The molecule has 1 amide bonds. The number of anilines is 1. The van der Waals surface area contributed by atoms with Crippen LogP contribution in [0.5, 0.6) is 0 Å². The summed E-state index contributed by atoms with van der Waals surface area (Å²) in [5.41, 5.74) is 2.01. The molecule has 1 atom stereocenters. The Balaban J connectivity index is 1.97. The molecule has 2 rings (SSSR count). The minimum atomic E-state index is -0.103. The number of hydrogen-bond acceptors (Lipinski definition) is 4. The maximum Gasteiger partial charge on any atom is 0.227 e. The molecule has 0 aliphatic heterocycles. The highest BCUT2D eigenvalue weighted by atomic mass is 16.5. The second-order valence-electron chi connectivity index (χ2n) is 4.80. The van der Waals surface area contributed by atoms with Gasteiger partial charge in [0.2, 0.25) is 5.91 Å². The number of aromatic nitrogens is 3. The summed E-state index contributed by atoms with van der Waals surface area (Å²) in [6.45, 7) is 7.66. The van der Waals surface area contributed by atoms with Gasteiger partial charge in [0.15, 0.2) is 5.82 Å². The zero-order chi connectivity index (χ0) is 14.0. The van der Waals surface area contributed by atoms with E-state index in [-0.39, 0.29) is 11.9 Å². The molecule has 6 heteroatoms. The molecule has 102 valence electrons. The SMILES string of the molecule is Cc1cc(C)n([C@H](C)CC(=O)Nc2cc(C)on2)n1. The van der Waals surface area contributed by atoms with Crippen LogP contribution >= 0.6 is 0 Å². The summed E-state index contributed by atoms with van der Waals surface area (Å²) in [5, 5.41) is 10.8. The monoisotopic (exact) mass is 262 g/mol. The molecule has 0 aromatic carbocycles. The van der Waals surface area contributed by atoms with E-state index >= 15 is 0 Å². The summed E-state index contributed by atoms with van der Waals surface area (Å²) in [5.74, 6) is 1.01. The van der Waals surface area contributed by atoms with Gasteiger partial charge in [-0.2, -0.15) is 5.10 Å². The minimum absolute atomic E-state index is 0.00157. The Morgan fingerprint density at radius 1 is 1.42 bits per heavy atom. The van der Waals surface area contributed by atoms with Crippen LogP contribution in [0.2, 0.25) is 0 Å². The first-order valence-electron chi connectivity index (χ1n) is 6.21. The van der Waals surface area contributed by atoms with Crippen molar-refractivity contribution in [3.05, 3.63) is 29.3 Å². The predicted molar refractivity (Wildman–Crippen MR) is 70.9 cm³/mol. The Morgan fingerprint density at radius 3 is 2.68 bits per heavy atom. The van der Waals surface area contributed by atoms with E-state index in [0.717, 1.165) is 11.4 Å². The van der Waals surface area contributed by atoms with Crippen LogP contribution in [-0.4, -0.2) is 20.8 Å². The van der Waals surface area contributed by atoms with Gasteiger partial charge in [-0.3, -0.25) is 9.48 Å². The fourth-order valence-corrected chi connectivity index (χ4v) is 2.07. The lowest BCUT2D eigenvalue weighted by Gasteiger charge is -2.13. The molecule has 0 radical (unpaired) electrons. The minimum Gasteiger partial charge on any atom is -0.360 e. The molecule has 0 saturated heterocycles. The van der Waals surface area contributed by atoms with Crippen molar-refractivity contribution in [2.24, 2.45) is 0 Å². The molecular weight excluding hydrogens is 244 g/mol. The van der Waals surface area contributed by atoms with Crippen molar-refractivity contribution in [1.82, 2.24) is 14.9 Å². The number of carbonyl (C=O) groups is 1. The third kappa shape index (κ3) is 3.21. The summed E-state index contributed by atoms with van der Waals surface area (Å²) in [4.78, 5) is 11.9. The highest BCUT2D eigenvalue weighted by Crippen LogP contribution is 2.15. The van der Waals surface area contributed by atoms with E-state index in [1.807, 2.05) is 31.5 Å². The molecule has 0 unspecified atom stereocenters.